The number of nitrogens with zero attached hydrogens (tertiary/aromatic N) is 4. The number of methoxy groups -OCH3 is 1. The zero-order valence-electron chi connectivity index (χ0n) is 25.1. The summed E-state index contributed by atoms with van der Waals surface area (Å²) in [5, 5.41) is 19.9. The van der Waals surface area contributed by atoms with Crippen LogP contribution in [-0.2, 0) is 17.9 Å². The SMILES string of the molecule is COc1nc(-c2ccnc(-c3cccc(NC(=O)c4ncc(CN5CCC(O)C5)s4)c3Cl)c2Cl)ccc1CNCC1CCC(=O)N1. The van der Waals surface area contributed by atoms with E-state index < -0.39 is 0 Å². The van der Waals surface area contributed by atoms with Crippen molar-refractivity contribution in [2.24, 2.45) is 0 Å². The zero-order valence-corrected chi connectivity index (χ0v) is 27.4. The minimum Gasteiger partial charge on any atom is -0.481 e. The second kappa shape index (κ2) is 14.4. The molecular weight excluding hydrogens is 649 g/mol. The van der Waals surface area contributed by atoms with E-state index in [1.807, 2.05) is 12.1 Å². The fraction of sp³-hybridized carbons (Fsp3) is 0.344. The number of amides is 2. The Morgan fingerprint density at radius 1 is 1.15 bits per heavy atom. The first kappa shape index (κ1) is 32.3. The fourth-order valence-corrected chi connectivity index (χ4v) is 7.04. The molecule has 2 atom stereocenters. The standard InChI is InChI=1S/C32H33Cl2N7O4S/c1-45-31-18(13-35-14-19-6-8-26(43)38-19)5-7-24(40-31)22-9-11-36-29(28(22)34)23-3-2-4-25(27(23)33)39-30(44)32-37-15-21(46-32)17-41-12-10-20(42)16-41/h2-5,7,9,11,15,19-20,35,42H,6,8,10,12-14,16-17H2,1H3,(H,38,43)(H,39,44). The monoisotopic (exact) mass is 681 g/mol. The number of aliphatic hydroxyl groups is 1. The van der Waals surface area contributed by atoms with Gasteiger partial charge in [-0.2, -0.15) is 0 Å². The number of nitrogens with one attached hydrogen (secondary N) is 3. The predicted octanol–water partition coefficient (Wildman–Crippen LogP) is 4.77. The number of hydrogen-bond acceptors (Lipinski definition) is 10. The van der Waals surface area contributed by atoms with Crippen LogP contribution in [0.1, 0.15) is 39.5 Å². The van der Waals surface area contributed by atoms with Crippen molar-refractivity contribution in [2.45, 2.75) is 44.5 Å². The lowest BCUT2D eigenvalue weighted by Gasteiger charge is -2.15. The van der Waals surface area contributed by atoms with Crippen molar-refractivity contribution in [3.8, 4) is 28.4 Å². The highest BCUT2D eigenvalue weighted by Gasteiger charge is 2.23. The zero-order chi connectivity index (χ0) is 32.2. The first-order chi connectivity index (χ1) is 22.3. The van der Waals surface area contributed by atoms with Crippen LogP contribution in [0, 0.1) is 0 Å². The van der Waals surface area contributed by atoms with Crippen LogP contribution in [0.2, 0.25) is 10.0 Å². The summed E-state index contributed by atoms with van der Waals surface area (Å²) >= 11 is 15.1. The number of likely N-dealkylation sites (tertiary alicyclic amines) is 1. The molecule has 0 bridgehead atoms. The molecule has 2 fully saturated rings. The van der Waals surface area contributed by atoms with Crippen molar-refractivity contribution in [2.75, 3.05) is 32.1 Å². The fourth-order valence-electron chi connectivity index (χ4n) is 5.62. The Kier molecular flexibility index (Phi) is 10.1. The number of anilines is 1. The van der Waals surface area contributed by atoms with E-state index in [1.54, 1.807) is 43.8 Å². The first-order valence-electron chi connectivity index (χ1n) is 14.9. The molecule has 240 valence electrons. The Morgan fingerprint density at radius 3 is 2.78 bits per heavy atom. The van der Waals surface area contributed by atoms with Gasteiger partial charge in [-0.15, -0.1) is 11.3 Å². The molecular formula is C32H33Cl2N7O4S. The number of β-amino-alcohol motifs (C(OH)–C–C–N with tert-alkyl or cyclic N) is 1. The van der Waals surface area contributed by atoms with Gasteiger partial charge in [0.25, 0.3) is 5.91 Å². The molecule has 11 nitrogen and oxygen atoms in total. The molecule has 2 aliphatic rings. The largest absolute Gasteiger partial charge is 0.481 e. The van der Waals surface area contributed by atoms with Crippen LogP contribution in [0.25, 0.3) is 22.5 Å². The van der Waals surface area contributed by atoms with Crippen LogP contribution in [0.5, 0.6) is 5.88 Å². The molecule has 2 unspecified atom stereocenters. The van der Waals surface area contributed by atoms with E-state index >= 15 is 0 Å². The Morgan fingerprint density at radius 2 is 2.02 bits per heavy atom. The van der Waals surface area contributed by atoms with E-state index in [-0.39, 0.29) is 29.0 Å². The molecule has 4 N–H and O–H groups in total. The molecule has 0 radical (unpaired) electrons. The van der Waals surface area contributed by atoms with Crippen molar-refractivity contribution in [3.63, 3.8) is 0 Å². The van der Waals surface area contributed by atoms with Crippen LogP contribution in [0.15, 0.2) is 48.8 Å². The van der Waals surface area contributed by atoms with Gasteiger partial charge in [-0.1, -0.05) is 41.4 Å². The van der Waals surface area contributed by atoms with E-state index in [9.17, 15) is 14.7 Å². The summed E-state index contributed by atoms with van der Waals surface area (Å²) in [6.45, 7) is 3.26. The number of carbonyl (C=O) groups is 2. The molecule has 0 aliphatic carbocycles. The van der Waals surface area contributed by atoms with Crippen LogP contribution in [-0.4, -0.2) is 75.7 Å². The molecule has 1 aromatic carbocycles. The molecule has 6 rings (SSSR count). The summed E-state index contributed by atoms with van der Waals surface area (Å²) in [5.74, 6) is 0.173. The quantitative estimate of drug-likeness (QED) is 0.176. The number of rotatable bonds is 11. The third-order valence-electron chi connectivity index (χ3n) is 7.97. The second-order valence-electron chi connectivity index (χ2n) is 11.3. The molecule has 0 saturated carbocycles. The predicted molar refractivity (Wildman–Crippen MR) is 178 cm³/mol. The summed E-state index contributed by atoms with van der Waals surface area (Å²) in [5.41, 5.74) is 3.50. The van der Waals surface area contributed by atoms with E-state index in [0.29, 0.717) is 76.7 Å². The molecule has 14 heteroatoms. The number of thiazole rings is 1. The van der Waals surface area contributed by atoms with Crippen molar-refractivity contribution < 1.29 is 19.4 Å². The molecule has 3 aromatic heterocycles. The lowest BCUT2D eigenvalue weighted by molar-refractivity contribution is -0.119. The molecule has 2 amide bonds. The molecule has 46 heavy (non-hydrogen) atoms. The maximum Gasteiger partial charge on any atom is 0.284 e. The van der Waals surface area contributed by atoms with Crippen LogP contribution < -0.4 is 20.7 Å². The smallest absolute Gasteiger partial charge is 0.284 e. The van der Waals surface area contributed by atoms with E-state index in [4.69, 9.17) is 32.9 Å². The van der Waals surface area contributed by atoms with Gasteiger partial charge in [0.15, 0.2) is 5.01 Å². The summed E-state index contributed by atoms with van der Waals surface area (Å²) in [4.78, 5) is 41.2. The third kappa shape index (κ3) is 7.33. The molecule has 4 aromatic rings. The number of carbonyl (C=O) groups excluding carboxylic acids is 2. The van der Waals surface area contributed by atoms with Gasteiger partial charge in [0, 0.05) is 79.1 Å². The maximum absolute atomic E-state index is 13.1. The number of pyridine rings is 2. The molecule has 2 aliphatic heterocycles. The molecule has 5 heterocycles. The van der Waals surface area contributed by atoms with Gasteiger partial charge in [-0.25, -0.2) is 9.97 Å². The lowest BCUT2D eigenvalue weighted by atomic mass is 10.1. The lowest BCUT2D eigenvalue weighted by Crippen LogP contribution is -2.35. The van der Waals surface area contributed by atoms with Gasteiger partial charge in [0.05, 0.1) is 40.3 Å². The van der Waals surface area contributed by atoms with E-state index in [1.165, 1.54) is 11.3 Å². The highest BCUT2D eigenvalue weighted by atomic mass is 35.5. The van der Waals surface area contributed by atoms with Crippen molar-refractivity contribution in [3.05, 3.63) is 74.3 Å². The van der Waals surface area contributed by atoms with Gasteiger partial charge in [0.2, 0.25) is 11.8 Å². The van der Waals surface area contributed by atoms with Crippen LogP contribution in [0.4, 0.5) is 5.69 Å². The number of hydrogen-bond donors (Lipinski definition) is 4. The van der Waals surface area contributed by atoms with E-state index in [2.05, 4.69) is 30.8 Å². The number of benzene rings is 1. The van der Waals surface area contributed by atoms with Gasteiger partial charge in [-0.05, 0) is 31.0 Å². The number of aliphatic hydroxyl groups excluding tert-OH is 1. The Balaban J connectivity index is 1.17. The first-order valence-corrected chi connectivity index (χ1v) is 16.5. The Labute approximate surface area is 280 Å². The normalized spacial score (nSPS) is 18.1. The van der Waals surface area contributed by atoms with Crippen molar-refractivity contribution in [1.29, 1.82) is 0 Å². The van der Waals surface area contributed by atoms with Gasteiger partial charge >= 0.3 is 0 Å². The van der Waals surface area contributed by atoms with Crippen molar-refractivity contribution >= 4 is 52.0 Å². The highest BCUT2D eigenvalue weighted by molar-refractivity contribution is 7.13. The summed E-state index contributed by atoms with van der Waals surface area (Å²) < 4.78 is 5.59. The van der Waals surface area contributed by atoms with E-state index in [0.717, 1.165) is 29.8 Å². The minimum absolute atomic E-state index is 0.0857. The van der Waals surface area contributed by atoms with Crippen molar-refractivity contribution in [1.82, 2.24) is 30.5 Å². The summed E-state index contributed by atoms with van der Waals surface area (Å²) in [6.07, 6.45) is 5.16. The van der Waals surface area contributed by atoms with Crippen LogP contribution in [0.3, 0.4) is 0 Å². The average Bonchev–Trinajstić information content (AvgIpc) is 3.80. The summed E-state index contributed by atoms with van der Waals surface area (Å²) in [6, 6.07) is 11.0. The second-order valence-corrected chi connectivity index (χ2v) is 13.1. The minimum atomic E-state index is -0.372. The highest BCUT2D eigenvalue weighted by Crippen LogP contribution is 2.40. The van der Waals surface area contributed by atoms with Crippen LogP contribution >= 0.6 is 34.5 Å². The summed E-state index contributed by atoms with van der Waals surface area (Å²) in [7, 11) is 1.57. The Hall–Kier alpha value is -3.65. The maximum atomic E-state index is 13.1. The van der Waals surface area contributed by atoms with Gasteiger partial charge in [-0.3, -0.25) is 19.5 Å². The number of halogens is 2. The molecule has 0 spiro atoms. The topological polar surface area (TPSA) is 142 Å². The molecule has 2 saturated heterocycles. The number of aromatic nitrogens is 3. The number of ether oxygens (including phenoxy) is 1. The third-order valence-corrected chi connectivity index (χ3v) is 9.74. The average molecular weight is 683 g/mol. The van der Waals surface area contributed by atoms with Gasteiger partial charge in [0.1, 0.15) is 0 Å². The van der Waals surface area contributed by atoms with Gasteiger partial charge < -0.3 is 25.8 Å². The Bertz CT molecular complexity index is 1750.